The molecule has 0 unspecified atom stereocenters. The second-order valence-corrected chi connectivity index (χ2v) is 6.78. The highest BCUT2D eigenvalue weighted by molar-refractivity contribution is 5.79. The maximum atomic E-state index is 5.59. The van der Waals surface area contributed by atoms with Crippen molar-refractivity contribution in [3.05, 3.63) is 24.2 Å². The molecule has 1 aromatic rings. The van der Waals surface area contributed by atoms with E-state index in [4.69, 9.17) is 9.15 Å². The molecule has 1 saturated heterocycles. The van der Waals surface area contributed by atoms with Gasteiger partial charge in [-0.15, -0.1) is 0 Å². The number of hydrogen-bond donors (Lipinski definition) is 2. The minimum atomic E-state index is 0.533. The average Bonchev–Trinajstić information content (AvgIpc) is 3.03. The van der Waals surface area contributed by atoms with Crippen molar-refractivity contribution in [2.45, 2.75) is 52.1 Å². The van der Waals surface area contributed by atoms with E-state index >= 15 is 0 Å². The number of ether oxygens (including phenoxy) is 1. The van der Waals surface area contributed by atoms with E-state index in [9.17, 15) is 0 Å². The van der Waals surface area contributed by atoms with Crippen molar-refractivity contribution in [3.8, 4) is 0 Å². The van der Waals surface area contributed by atoms with E-state index < -0.39 is 0 Å². The lowest BCUT2D eigenvalue weighted by Gasteiger charge is -2.20. The highest BCUT2D eigenvalue weighted by Crippen LogP contribution is 2.09. The highest BCUT2D eigenvalue weighted by atomic mass is 16.5. The molecule has 0 radical (unpaired) electrons. The maximum Gasteiger partial charge on any atom is 0.191 e. The molecule has 0 aromatic carbocycles. The molecule has 0 atom stereocenters. The second-order valence-electron chi connectivity index (χ2n) is 6.78. The first kappa shape index (κ1) is 20.8. The average molecular weight is 365 g/mol. The SMILES string of the molecule is CCNC(=NCCCOCc1ccco1)NCCCN1CCCCCC1. The zero-order valence-electron chi connectivity index (χ0n) is 16.3. The van der Waals surface area contributed by atoms with Gasteiger partial charge >= 0.3 is 0 Å². The highest BCUT2D eigenvalue weighted by Gasteiger charge is 2.08. The lowest BCUT2D eigenvalue weighted by molar-refractivity contribution is 0.105. The Morgan fingerprint density at radius 2 is 2.04 bits per heavy atom. The van der Waals surface area contributed by atoms with Crippen LogP contribution in [-0.4, -0.2) is 56.7 Å². The van der Waals surface area contributed by atoms with Gasteiger partial charge in [-0.2, -0.15) is 0 Å². The predicted molar refractivity (Wildman–Crippen MR) is 106 cm³/mol. The van der Waals surface area contributed by atoms with Gasteiger partial charge in [-0.25, -0.2) is 0 Å². The molecule has 1 fully saturated rings. The van der Waals surface area contributed by atoms with Crippen LogP contribution in [0.2, 0.25) is 0 Å². The van der Waals surface area contributed by atoms with Crippen molar-refractivity contribution in [1.29, 1.82) is 0 Å². The van der Waals surface area contributed by atoms with Crippen molar-refractivity contribution >= 4 is 5.96 Å². The van der Waals surface area contributed by atoms with Crippen LogP contribution in [0.15, 0.2) is 27.8 Å². The van der Waals surface area contributed by atoms with Crippen LogP contribution in [-0.2, 0) is 11.3 Å². The number of likely N-dealkylation sites (tertiary alicyclic amines) is 1. The summed E-state index contributed by atoms with van der Waals surface area (Å²) in [4.78, 5) is 7.23. The fourth-order valence-electron chi connectivity index (χ4n) is 3.14. The van der Waals surface area contributed by atoms with Gasteiger partial charge in [0, 0.05) is 26.2 Å². The van der Waals surface area contributed by atoms with Crippen LogP contribution in [0.5, 0.6) is 0 Å². The molecular weight excluding hydrogens is 328 g/mol. The smallest absolute Gasteiger partial charge is 0.191 e. The van der Waals surface area contributed by atoms with Gasteiger partial charge in [0.2, 0.25) is 0 Å². The third-order valence-electron chi connectivity index (χ3n) is 4.53. The van der Waals surface area contributed by atoms with E-state index in [1.807, 2.05) is 12.1 Å². The summed E-state index contributed by atoms with van der Waals surface area (Å²) in [6.07, 6.45) is 9.26. The monoisotopic (exact) mass is 364 g/mol. The van der Waals surface area contributed by atoms with Crippen LogP contribution in [0.3, 0.4) is 0 Å². The van der Waals surface area contributed by atoms with Gasteiger partial charge < -0.3 is 24.7 Å². The van der Waals surface area contributed by atoms with E-state index in [0.29, 0.717) is 13.2 Å². The summed E-state index contributed by atoms with van der Waals surface area (Å²) in [7, 11) is 0. The number of rotatable bonds is 11. The van der Waals surface area contributed by atoms with Gasteiger partial charge in [-0.3, -0.25) is 4.99 Å². The molecule has 1 aliphatic heterocycles. The van der Waals surface area contributed by atoms with E-state index in [0.717, 1.165) is 44.2 Å². The van der Waals surface area contributed by atoms with Crippen molar-refractivity contribution in [1.82, 2.24) is 15.5 Å². The van der Waals surface area contributed by atoms with Crippen LogP contribution in [0.25, 0.3) is 0 Å². The topological polar surface area (TPSA) is 62.0 Å². The molecule has 0 spiro atoms. The molecular formula is C20H36N4O2. The molecule has 0 saturated carbocycles. The van der Waals surface area contributed by atoms with E-state index in [1.165, 1.54) is 45.3 Å². The molecule has 6 heteroatoms. The minimum absolute atomic E-state index is 0.533. The summed E-state index contributed by atoms with van der Waals surface area (Å²) in [5.74, 6) is 1.78. The number of hydrogen-bond acceptors (Lipinski definition) is 4. The Morgan fingerprint density at radius 3 is 2.77 bits per heavy atom. The number of furan rings is 1. The summed E-state index contributed by atoms with van der Waals surface area (Å²) in [6, 6.07) is 3.81. The minimum Gasteiger partial charge on any atom is -0.467 e. The largest absolute Gasteiger partial charge is 0.467 e. The number of nitrogens with zero attached hydrogens (tertiary/aromatic N) is 2. The Bertz CT molecular complexity index is 468. The first-order chi connectivity index (χ1) is 12.9. The lowest BCUT2D eigenvalue weighted by atomic mass is 10.2. The summed E-state index contributed by atoms with van der Waals surface area (Å²) in [5, 5.41) is 6.76. The fraction of sp³-hybridized carbons (Fsp3) is 0.750. The zero-order chi connectivity index (χ0) is 18.3. The van der Waals surface area contributed by atoms with Crippen molar-refractivity contribution in [2.24, 2.45) is 4.99 Å². The van der Waals surface area contributed by atoms with Gasteiger partial charge in [0.25, 0.3) is 0 Å². The molecule has 2 heterocycles. The van der Waals surface area contributed by atoms with Crippen molar-refractivity contribution in [3.63, 3.8) is 0 Å². The molecule has 148 valence electrons. The standard InChI is InChI=1S/C20H36N4O2/c1-2-21-20(22-11-8-15-24-13-5-3-4-6-14-24)23-12-9-16-25-18-19-10-7-17-26-19/h7,10,17H,2-6,8-9,11-16,18H2,1H3,(H2,21,22,23). The summed E-state index contributed by atoms with van der Waals surface area (Å²) in [5.41, 5.74) is 0. The molecule has 0 amide bonds. The molecule has 1 aromatic heterocycles. The number of guanidine groups is 1. The van der Waals surface area contributed by atoms with Gasteiger partial charge in [0.15, 0.2) is 5.96 Å². The van der Waals surface area contributed by atoms with E-state index in [2.05, 4.69) is 27.4 Å². The molecule has 0 aliphatic carbocycles. The molecule has 2 rings (SSSR count). The summed E-state index contributed by atoms with van der Waals surface area (Å²) >= 11 is 0. The van der Waals surface area contributed by atoms with Crippen LogP contribution < -0.4 is 10.6 Å². The van der Waals surface area contributed by atoms with Gasteiger partial charge in [0.05, 0.1) is 6.26 Å². The van der Waals surface area contributed by atoms with Crippen LogP contribution in [0.4, 0.5) is 0 Å². The number of nitrogens with one attached hydrogen (secondary N) is 2. The third-order valence-corrected chi connectivity index (χ3v) is 4.53. The quantitative estimate of drug-likeness (QED) is 0.359. The zero-order valence-corrected chi connectivity index (χ0v) is 16.3. The van der Waals surface area contributed by atoms with Crippen LogP contribution >= 0.6 is 0 Å². The second kappa shape index (κ2) is 13.6. The van der Waals surface area contributed by atoms with Crippen LogP contribution in [0.1, 0.15) is 51.2 Å². The van der Waals surface area contributed by atoms with E-state index in [-0.39, 0.29) is 0 Å². The predicted octanol–water partition coefficient (Wildman–Crippen LogP) is 3.01. The first-order valence-electron chi connectivity index (χ1n) is 10.2. The molecule has 2 N–H and O–H groups in total. The Kier molecular flexibility index (Phi) is 10.9. The van der Waals surface area contributed by atoms with Gasteiger partial charge in [-0.1, -0.05) is 12.8 Å². The summed E-state index contributed by atoms with van der Waals surface area (Å²) < 4.78 is 10.8. The Hall–Kier alpha value is -1.53. The lowest BCUT2D eigenvalue weighted by Crippen LogP contribution is -2.39. The molecule has 1 aliphatic rings. The third kappa shape index (κ3) is 9.25. The normalized spacial score (nSPS) is 16.4. The Labute approximate surface area is 158 Å². The van der Waals surface area contributed by atoms with Crippen molar-refractivity contribution in [2.75, 3.05) is 45.9 Å². The van der Waals surface area contributed by atoms with Crippen molar-refractivity contribution < 1.29 is 9.15 Å². The van der Waals surface area contributed by atoms with Gasteiger partial charge in [0.1, 0.15) is 12.4 Å². The molecule has 6 nitrogen and oxygen atoms in total. The maximum absolute atomic E-state index is 5.59. The molecule has 0 bridgehead atoms. The Balaban J connectivity index is 1.53. The fourth-order valence-corrected chi connectivity index (χ4v) is 3.14. The number of aliphatic imine (C=N–C) groups is 1. The van der Waals surface area contributed by atoms with Crippen LogP contribution in [0, 0.1) is 0 Å². The summed E-state index contributed by atoms with van der Waals surface area (Å²) in [6.45, 7) is 9.67. The first-order valence-corrected chi connectivity index (χ1v) is 10.2. The Morgan fingerprint density at radius 1 is 1.19 bits per heavy atom. The van der Waals surface area contributed by atoms with E-state index in [1.54, 1.807) is 6.26 Å². The van der Waals surface area contributed by atoms with Gasteiger partial charge in [-0.05, 0) is 64.4 Å². The molecule has 26 heavy (non-hydrogen) atoms.